The molecule has 0 spiro atoms. The zero-order valence-electron chi connectivity index (χ0n) is 9.77. The Bertz CT molecular complexity index is 291. The van der Waals surface area contributed by atoms with Gasteiger partial charge in [0, 0.05) is 11.7 Å². The molecule has 0 aliphatic heterocycles. The highest BCUT2D eigenvalue weighted by molar-refractivity contribution is 5.16. The van der Waals surface area contributed by atoms with Crippen LogP contribution in [-0.4, -0.2) is 16.0 Å². The van der Waals surface area contributed by atoms with Crippen molar-refractivity contribution >= 4 is 0 Å². The molecule has 0 saturated heterocycles. The minimum absolute atomic E-state index is 0.523. The molecule has 1 aromatic rings. The third kappa shape index (κ3) is 2.81. The van der Waals surface area contributed by atoms with Crippen molar-refractivity contribution in [3.05, 3.63) is 17.2 Å². The molecule has 0 radical (unpaired) electrons. The number of nitrogens with one attached hydrogen (secondary N) is 2. The van der Waals surface area contributed by atoms with Gasteiger partial charge in [-0.1, -0.05) is 20.3 Å². The molecule has 3 heteroatoms. The molecule has 0 unspecified atom stereocenters. The predicted molar refractivity (Wildman–Crippen MR) is 61.8 cm³/mol. The Morgan fingerprint density at radius 2 is 2.07 bits per heavy atom. The Kier molecular flexibility index (Phi) is 3.41. The first-order chi connectivity index (χ1) is 7.25. The highest BCUT2D eigenvalue weighted by Gasteiger charge is 2.12. The molecule has 2 N–H and O–H groups in total. The number of nitrogens with zero attached hydrogens (tertiary/aromatic N) is 1. The number of hydrogen-bond acceptors (Lipinski definition) is 2. The van der Waals surface area contributed by atoms with E-state index in [1.54, 1.807) is 0 Å². The summed E-state index contributed by atoms with van der Waals surface area (Å²) in [6, 6.07) is 0.523. The van der Waals surface area contributed by atoms with Crippen LogP contribution in [0.5, 0.6) is 0 Å². The van der Waals surface area contributed by atoms with Crippen molar-refractivity contribution in [2.24, 2.45) is 0 Å². The van der Waals surface area contributed by atoms with E-state index >= 15 is 0 Å². The van der Waals surface area contributed by atoms with E-state index in [0.29, 0.717) is 6.04 Å². The van der Waals surface area contributed by atoms with E-state index in [1.165, 1.54) is 37.1 Å². The average Bonchev–Trinajstić information content (AvgIpc) is 2.46. The van der Waals surface area contributed by atoms with E-state index < -0.39 is 0 Å². The highest BCUT2D eigenvalue weighted by Crippen LogP contribution is 2.18. The first-order valence-electron chi connectivity index (χ1n) is 6.05. The molecule has 3 nitrogen and oxygen atoms in total. The maximum absolute atomic E-state index is 4.66. The van der Waals surface area contributed by atoms with Gasteiger partial charge in [0.2, 0.25) is 0 Å². The van der Waals surface area contributed by atoms with Gasteiger partial charge in [-0.25, -0.2) is 4.98 Å². The van der Waals surface area contributed by atoms with Gasteiger partial charge in [0.15, 0.2) is 0 Å². The van der Waals surface area contributed by atoms with E-state index in [-0.39, 0.29) is 0 Å². The first kappa shape index (κ1) is 10.7. The third-order valence-electron chi connectivity index (χ3n) is 2.93. The number of aromatic nitrogens is 2. The summed E-state index contributed by atoms with van der Waals surface area (Å²) in [5.74, 6) is 1.11. The van der Waals surface area contributed by atoms with Crippen molar-refractivity contribution in [2.45, 2.75) is 58.5 Å². The SMILES string of the molecule is CC(C)NCc1nc2c([nH]1)CCCCC2. The van der Waals surface area contributed by atoms with Crippen molar-refractivity contribution in [2.75, 3.05) is 0 Å². The Labute approximate surface area is 91.7 Å². The van der Waals surface area contributed by atoms with Crippen LogP contribution < -0.4 is 5.32 Å². The highest BCUT2D eigenvalue weighted by atomic mass is 15.0. The molecular formula is C12H21N3. The number of aromatic amines is 1. The molecule has 0 atom stereocenters. The maximum Gasteiger partial charge on any atom is 0.120 e. The zero-order valence-corrected chi connectivity index (χ0v) is 9.77. The molecule has 0 fully saturated rings. The summed E-state index contributed by atoms with van der Waals surface area (Å²) in [5.41, 5.74) is 2.70. The van der Waals surface area contributed by atoms with Crippen LogP contribution in [0.4, 0.5) is 0 Å². The standard InChI is InChI=1S/C12H21N3/c1-9(2)13-8-12-14-10-6-4-3-5-7-11(10)15-12/h9,13H,3-8H2,1-2H3,(H,14,15). The zero-order chi connectivity index (χ0) is 10.7. The van der Waals surface area contributed by atoms with Crippen LogP contribution in [0.3, 0.4) is 0 Å². The summed E-state index contributed by atoms with van der Waals surface area (Å²) in [4.78, 5) is 8.12. The molecule has 0 bridgehead atoms. The molecule has 0 saturated carbocycles. The normalized spacial score (nSPS) is 16.5. The number of hydrogen-bond donors (Lipinski definition) is 2. The van der Waals surface area contributed by atoms with Crippen molar-refractivity contribution in [1.29, 1.82) is 0 Å². The lowest BCUT2D eigenvalue weighted by Gasteiger charge is -2.04. The molecule has 2 rings (SSSR count). The van der Waals surface area contributed by atoms with Crippen LogP contribution >= 0.6 is 0 Å². The van der Waals surface area contributed by atoms with Crippen LogP contribution in [-0.2, 0) is 19.4 Å². The minimum atomic E-state index is 0.523. The van der Waals surface area contributed by atoms with E-state index in [2.05, 4.69) is 29.1 Å². The second-order valence-electron chi connectivity index (χ2n) is 4.71. The Morgan fingerprint density at radius 3 is 2.87 bits per heavy atom. The second kappa shape index (κ2) is 4.79. The van der Waals surface area contributed by atoms with Gasteiger partial charge in [-0.3, -0.25) is 0 Å². The Morgan fingerprint density at radius 1 is 1.27 bits per heavy atom. The molecule has 1 aromatic heterocycles. The number of H-pyrrole nitrogens is 1. The summed E-state index contributed by atoms with van der Waals surface area (Å²) in [6.07, 6.45) is 6.31. The summed E-state index contributed by atoms with van der Waals surface area (Å²) >= 11 is 0. The van der Waals surface area contributed by atoms with Gasteiger partial charge < -0.3 is 10.3 Å². The molecule has 1 heterocycles. The number of imidazole rings is 1. The number of rotatable bonds is 3. The van der Waals surface area contributed by atoms with E-state index in [0.717, 1.165) is 18.8 Å². The lowest BCUT2D eigenvalue weighted by molar-refractivity contribution is 0.573. The lowest BCUT2D eigenvalue weighted by Crippen LogP contribution is -2.22. The predicted octanol–water partition coefficient (Wildman–Crippen LogP) is 2.18. The molecule has 0 amide bonds. The molecular weight excluding hydrogens is 186 g/mol. The molecule has 15 heavy (non-hydrogen) atoms. The topological polar surface area (TPSA) is 40.7 Å². The van der Waals surface area contributed by atoms with Crippen LogP contribution in [0.25, 0.3) is 0 Å². The van der Waals surface area contributed by atoms with Crippen LogP contribution in [0.1, 0.15) is 50.3 Å². The van der Waals surface area contributed by atoms with Gasteiger partial charge >= 0.3 is 0 Å². The Balaban J connectivity index is 2.02. The van der Waals surface area contributed by atoms with Crippen molar-refractivity contribution in [3.63, 3.8) is 0 Å². The van der Waals surface area contributed by atoms with Gasteiger partial charge in [0.25, 0.3) is 0 Å². The minimum Gasteiger partial charge on any atom is -0.345 e. The second-order valence-corrected chi connectivity index (χ2v) is 4.71. The summed E-state index contributed by atoms with van der Waals surface area (Å²) < 4.78 is 0. The maximum atomic E-state index is 4.66. The smallest absolute Gasteiger partial charge is 0.120 e. The summed E-state index contributed by atoms with van der Waals surface area (Å²) in [7, 11) is 0. The quantitative estimate of drug-likeness (QED) is 0.746. The van der Waals surface area contributed by atoms with Gasteiger partial charge in [-0.15, -0.1) is 0 Å². The lowest BCUT2D eigenvalue weighted by atomic mass is 10.2. The van der Waals surface area contributed by atoms with E-state index in [1.807, 2.05) is 0 Å². The van der Waals surface area contributed by atoms with Gasteiger partial charge in [-0.05, 0) is 25.7 Å². The molecule has 1 aliphatic carbocycles. The Hall–Kier alpha value is -0.830. The summed E-state index contributed by atoms with van der Waals surface area (Å²) in [6.45, 7) is 5.19. The van der Waals surface area contributed by atoms with Crippen molar-refractivity contribution in [3.8, 4) is 0 Å². The van der Waals surface area contributed by atoms with E-state index in [9.17, 15) is 0 Å². The largest absolute Gasteiger partial charge is 0.345 e. The number of aryl methyl sites for hydroxylation is 2. The number of fused-ring (bicyclic) bond motifs is 1. The molecule has 0 aromatic carbocycles. The van der Waals surface area contributed by atoms with Crippen molar-refractivity contribution in [1.82, 2.24) is 15.3 Å². The first-order valence-corrected chi connectivity index (χ1v) is 6.05. The van der Waals surface area contributed by atoms with E-state index in [4.69, 9.17) is 0 Å². The molecule has 1 aliphatic rings. The fourth-order valence-corrected chi connectivity index (χ4v) is 2.07. The van der Waals surface area contributed by atoms with Gasteiger partial charge in [0.05, 0.1) is 12.2 Å². The molecule has 84 valence electrons. The third-order valence-corrected chi connectivity index (χ3v) is 2.93. The van der Waals surface area contributed by atoms with Gasteiger partial charge in [-0.2, -0.15) is 0 Å². The summed E-state index contributed by atoms with van der Waals surface area (Å²) in [5, 5.41) is 3.39. The monoisotopic (exact) mass is 207 g/mol. The fraction of sp³-hybridized carbons (Fsp3) is 0.750. The van der Waals surface area contributed by atoms with Gasteiger partial charge in [0.1, 0.15) is 5.82 Å². The van der Waals surface area contributed by atoms with Crippen LogP contribution in [0, 0.1) is 0 Å². The van der Waals surface area contributed by atoms with Crippen LogP contribution in [0.2, 0.25) is 0 Å². The van der Waals surface area contributed by atoms with Crippen molar-refractivity contribution < 1.29 is 0 Å². The fourth-order valence-electron chi connectivity index (χ4n) is 2.07. The van der Waals surface area contributed by atoms with Crippen LogP contribution in [0.15, 0.2) is 0 Å². The average molecular weight is 207 g/mol.